The van der Waals surface area contributed by atoms with E-state index in [0.717, 1.165) is 0 Å². The molecule has 0 aromatic carbocycles. The summed E-state index contributed by atoms with van der Waals surface area (Å²) in [6, 6.07) is 0. The van der Waals surface area contributed by atoms with Crippen LogP contribution in [0.3, 0.4) is 0 Å². The maximum Gasteiger partial charge on any atom is 0.230 e. The molecular formula is C11H19N5O2S. The largest absolute Gasteiger partial charge is 0.392 e. The fourth-order valence-corrected chi connectivity index (χ4v) is 1.41. The predicted octanol–water partition coefficient (Wildman–Crippen LogP) is 1.97. The zero-order chi connectivity index (χ0) is 14.3. The third-order valence-electron chi connectivity index (χ3n) is 1.72. The van der Waals surface area contributed by atoms with Crippen LogP contribution in [0.25, 0.3) is 0 Å². The van der Waals surface area contributed by atoms with E-state index in [1.54, 1.807) is 0 Å². The Hall–Kier alpha value is -1.57. The van der Waals surface area contributed by atoms with E-state index in [9.17, 15) is 0 Å². The van der Waals surface area contributed by atoms with E-state index in [4.69, 9.17) is 9.68 Å². The molecule has 0 atom stereocenters. The molecule has 0 amide bonds. The number of rotatable bonds is 4. The van der Waals surface area contributed by atoms with Gasteiger partial charge >= 0.3 is 0 Å². The van der Waals surface area contributed by atoms with Gasteiger partial charge in [0.1, 0.15) is 24.9 Å². The summed E-state index contributed by atoms with van der Waals surface area (Å²) < 4.78 is 1.49. The van der Waals surface area contributed by atoms with E-state index < -0.39 is 0 Å². The topological polar surface area (TPSA) is 73.9 Å². The second-order valence-corrected chi connectivity index (χ2v) is 4.96. The van der Waals surface area contributed by atoms with Crippen LogP contribution >= 0.6 is 11.8 Å². The molecule has 1 aromatic rings. The van der Waals surface area contributed by atoms with Crippen LogP contribution in [-0.4, -0.2) is 44.1 Å². The minimum Gasteiger partial charge on any atom is -0.392 e. The molecule has 0 unspecified atom stereocenters. The van der Waals surface area contributed by atoms with Crippen LogP contribution in [0.2, 0.25) is 0 Å². The molecule has 0 saturated carbocycles. The second-order valence-electron chi connectivity index (χ2n) is 4.16. The third kappa shape index (κ3) is 5.29. The maximum absolute atomic E-state index is 5.27. The van der Waals surface area contributed by atoms with Crippen LogP contribution in [0.5, 0.6) is 0 Å². The minimum atomic E-state index is -0.0346. The van der Waals surface area contributed by atoms with Gasteiger partial charge < -0.3 is 9.68 Å². The first kappa shape index (κ1) is 15.5. The van der Waals surface area contributed by atoms with Crippen molar-refractivity contribution in [3.05, 3.63) is 12.7 Å². The fraction of sp³-hybridized carbons (Fsp3) is 0.636. The van der Waals surface area contributed by atoms with Crippen molar-refractivity contribution in [1.29, 1.82) is 0 Å². The third-order valence-corrected chi connectivity index (χ3v) is 2.36. The first-order valence-electron chi connectivity index (χ1n) is 5.91. The van der Waals surface area contributed by atoms with Gasteiger partial charge in [0.25, 0.3) is 0 Å². The average Bonchev–Trinajstić information content (AvgIpc) is 2.86. The van der Waals surface area contributed by atoms with Crippen molar-refractivity contribution in [2.24, 2.45) is 10.3 Å². The number of hydrogen-bond donors (Lipinski definition) is 0. The van der Waals surface area contributed by atoms with Crippen molar-refractivity contribution in [2.75, 3.05) is 6.26 Å². The van der Waals surface area contributed by atoms with E-state index >= 15 is 0 Å². The molecule has 0 spiro atoms. The predicted molar refractivity (Wildman–Crippen MR) is 76.2 cm³/mol. The highest BCUT2D eigenvalue weighted by Gasteiger charge is 2.14. The highest BCUT2D eigenvalue weighted by molar-refractivity contribution is 8.15. The van der Waals surface area contributed by atoms with Crippen LogP contribution < -0.4 is 0 Å². The van der Waals surface area contributed by atoms with Crippen LogP contribution in [0, 0.1) is 0 Å². The summed E-state index contributed by atoms with van der Waals surface area (Å²) in [5.41, 5.74) is 0. The second kappa shape index (κ2) is 7.78. The summed E-state index contributed by atoms with van der Waals surface area (Å²) in [5, 5.41) is 12.7. The highest BCUT2D eigenvalue weighted by Crippen LogP contribution is 2.06. The SMILES string of the molecule is CSC(=NOC(C)C)C(=NOC(C)C)n1cncn1. The molecule has 1 aromatic heterocycles. The number of hydrogen-bond acceptors (Lipinski definition) is 7. The molecular weight excluding hydrogens is 266 g/mol. The summed E-state index contributed by atoms with van der Waals surface area (Å²) in [7, 11) is 0. The van der Waals surface area contributed by atoms with Crippen LogP contribution in [-0.2, 0) is 9.68 Å². The van der Waals surface area contributed by atoms with Gasteiger partial charge in [-0.1, -0.05) is 10.3 Å². The Morgan fingerprint density at radius 2 is 1.79 bits per heavy atom. The lowest BCUT2D eigenvalue weighted by atomic mass is 10.5. The molecule has 106 valence electrons. The Morgan fingerprint density at radius 3 is 2.26 bits per heavy atom. The van der Waals surface area contributed by atoms with Gasteiger partial charge in [0.2, 0.25) is 5.84 Å². The molecule has 0 radical (unpaired) electrons. The Morgan fingerprint density at radius 1 is 1.16 bits per heavy atom. The van der Waals surface area contributed by atoms with E-state index in [1.807, 2.05) is 34.0 Å². The Kier molecular flexibility index (Phi) is 6.34. The smallest absolute Gasteiger partial charge is 0.230 e. The van der Waals surface area contributed by atoms with Crippen molar-refractivity contribution < 1.29 is 9.68 Å². The van der Waals surface area contributed by atoms with Crippen molar-refractivity contribution in [3.8, 4) is 0 Å². The summed E-state index contributed by atoms with van der Waals surface area (Å²) in [4.78, 5) is 14.4. The number of oxime groups is 2. The first-order valence-corrected chi connectivity index (χ1v) is 7.14. The molecule has 1 heterocycles. The summed E-state index contributed by atoms with van der Waals surface area (Å²) >= 11 is 1.40. The standard InChI is InChI=1S/C11H19N5O2S/c1-8(2)17-14-10(16-7-12-6-13-16)11(19-5)15-18-9(3)4/h6-9H,1-5H3. The van der Waals surface area contributed by atoms with E-state index in [1.165, 1.54) is 29.1 Å². The Bertz CT molecular complexity index is 428. The lowest BCUT2D eigenvalue weighted by Crippen LogP contribution is -2.23. The summed E-state index contributed by atoms with van der Waals surface area (Å²) in [6.45, 7) is 7.59. The normalized spacial score (nSPS) is 13.2. The molecule has 19 heavy (non-hydrogen) atoms. The van der Waals surface area contributed by atoms with Crippen LogP contribution in [0.4, 0.5) is 0 Å². The zero-order valence-electron chi connectivity index (χ0n) is 11.8. The fourth-order valence-electron chi connectivity index (χ4n) is 0.974. The molecule has 0 fully saturated rings. The zero-order valence-corrected chi connectivity index (χ0v) is 12.6. The highest BCUT2D eigenvalue weighted by atomic mass is 32.2. The molecule has 0 bridgehead atoms. The van der Waals surface area contributed by atoms with Gasteiger partial charge in [-0.25, -0.2) is 4.98 Å². The lowest BCUT2D eigenvalue weighted by Gasteiger charge is -2.09. The van der Waals surface area contributed by atoms with Gasteiger partial charge in [0.05, 0.1) is 0 Å². The van der Waals surface area contributed by atoms with Crippen molar-refractivity contribution in [2.45, 2.75) is 39.9 Å². The van der Waals surface area contributed by atoms with Crippen molar-refractivity contribution in [1.82, 2.24) is 14.8 Å². The van der Waals surface area contributed by atoms with Crippen LogP contribution in [0.15, 0.2) is 23.0 Å². The molecule has 7 nitrogen and oxygen atoms in total. The molecule has 8 heteroatoms. The minimum absolute atomic E-state index is 0.00911. The lowest BCUT2D eigenvalue weighted by molar-refractivity contribution is 0.0830. The van der Waals surface area contributed by atoms with Gasteiger partial charge in [0, 0.05) is 0 Å². The number of thioether (sulfide) groups is 1. The Balaban J connectivity index is 3.01. The van der Waals surface area contributed by atoms with E-state index in [0.29, 0.717) is 10.9 Å². The van der Waals surface area contributed by atoms with Gasteiger partial charge in [0.15, 0.2) is 5.04 Å². The number of aromatic nitrogens is 3. The van der Waals surface area contributed by atoms with Gasteiger partial charge in [-0.15, -0.1) is 11.8 Å². The van der Waals surface area contributed by atoms with E-state index in [2.05, 4.69) is 20.4 Å². The van der Waals surface area contributed by atoms with E-state index in [-0.39, 0.29) is 12.2 Å². The van der Waals surface area contributed by atoms with Crippen molar-refractivity contribution in [3.63, 3.8) is 0 Å². The average molecular weight is 285 g/mol. The monoisotopic (exact) mass is 285 g/mol. The van der Waals surface area contributed by atoms with Gasteiger partial charge in [-0.2, -0.15) is 9.78 Å². The molecule has 0 aliphatic rings. The van der Waals surface area contributed by atoms with Crippen molar-refractivity contribution >= 4 is 22.6 Å². The summed E-state index contributed by atoms with van der Waals surface area (Å²) in [5.74, 6) is 0.444. The quantitative estimate of drug-likeness (QED) is 0.480. The van der Waals surface area contributed by atoms with Gasteiger partial charge in [-0.3, -0.25) is 0 Å². The summed E-state index contributed by atoms with van der Waals surface area (Å²) in [6.07, 6.45) is 4.79. The first-order chi connectivity index (χ1) is 9.04. The molecule has 1 rings (SSSR count). The van der Waals surface area contributed by atoms with Gasteiger partial charge in [-0.05, 0) is 34.0 Å². The number of nitrogens with zero attached hydrogens (tertiary/aromatic N) is 5. The molecule has 0 saturated heterocycles. The molecule has 0 aliphatic heterocycles. The van der Waals surface area contributed by atoms with Crippen LogP contribution in [0.1, 0.15) is 27.7 Å². The maximum atomic E-state index is 5.27. The molecule has 0 aliphatic carbocycles. The Labute approximate surface area is 117 Å². The molecule has 0 N–H and O–H groups in total.